The van der Waals surface area contributed by atoms with Crippen LogP contribution in [0.1, 0.15) is 20.3 Å². The molecule has 0 spiro atoms. The van der Waals surface area contributed by atoms with Crippen LogP contribution in [0.15, 0.2) is 18.2 Å². The van der Waals surface area contributed by atoms with E-state index < -0.39 is 11.6 Å². The molecule has 1 aromatic heterocycles. The van der Waals surface area contributed by atoms with E-state index in [2.05, 4.69) is 28.1 Å². The summed E-state index contributed by atoms with van der Waals surface area (Å²) in [6.07, 6.45) is 1.13. The van der Waals surface area contributed by atoms with Gasteiger partial charge in [-0.2, -0.15) is 9.36 Å². The molecule has 1 saturated heterocycles. The van der Waals surface area contributed by atoms with Gasteiger partial charge in [-0.15, -0.1) is 0 Å². The fourth-order valence-electron chi connectivity index (χ4n) is 2.58. The minimum atomic E-state index is -0.609. The molecule has 1 fully saturated rings. The highest BCUT2D eigenvalue weighted by Crippen LogP contribution is 2.30. The second kappa shape index (κ2) is 5.67. The van der Waals surface area contributed by atoms with Crippen molar-refractivity contribution >= 4 is 16.7 Å². The highest BCUT2D eigenvalue weighted by Gasteiger charge is 2.25. The fraction of sp³-hybridized carbons (Fsp3) is 0.467. The van der Waals surface area contributed by atoms with Gasteiger partial charge in [-0.3, -0.25) is 0 Å². The van der Waals surface area contributed by atoms with Crippen LogP contribution in [0.4, 0.5) is 13.9 Å². The molecule has 0 amide bonds. The maximum atomic E-state index is 13.3. The molecular formula is C15H17F2N3S. The van der Waals surface area contributed by atoms with Crippen molar-refractivity contribution in [1.29, 1.82) is 0 Å². The predicted molar refractivity (Wildman–Crippen MR) is 80.4 cm³/mol. The Kier molecular flexibility index (Phi) is 3.89. The van der Waals surface area contributed by atoms with Gasteiger partial charge in [0.2, 0.25) is 5.13 Å². The van der Waals surface area contributed by atoms with Crippen LogP contribution < -0.4 is 4.90 Å². The molecule has 1 aliphatic rings. The van der Waals surface area contributed by atoms with Crippen molar-refractivity contribution in [2.75, 3.05) is 18.0 Å². The molecule has 21 heavy (non-hydrogen) atoms. The Hall–Kier alpha value is -1.56. The summed E-state index contributed by atoms with van der Waals surface area (Å²) in [6, 6.07) is 3.37. The number of aromatic nitrogens is 2. The average molecular weight is 309 g/mol. The third-order valence-corrected chi connectivity index (χ3v) is 4.92. The largest absolute Gasteiger partial charge is 0.347 e. The van der Waals surface area contributed by atoms with Crippen molar-refractivity contribution in [1.82, 2.24) is 9.36 Å². The molecule has 0 aliphatic carbocycles. The number of halogens is 2. The second-order valence-corrected chi connectivity index (χ2v) is 6.48. The normalized spacial score (nSPS) is 22.6. The van der Waals surface area contributed by atoms with E-state index in [1.165, 1.54) is 23.7 Å². The molecule has 2 atom stereocenters. The third kappa shape index (κ3) is 3.05. The summed E-state index contributed by atoms with van der Waals surface area (Å²) in [7, 11) is 0. The van der Waals surface area contributed by atoms with Crippen molar-refractivity contribution in [3.05, 3.63) is 29.8 Å². The monoisotopic (exact) mass is 309 g/mol. The smallest absolute Gasteiger partial charge is 0.205 e. The van der Waals surface area contributed by atoms with E-state index in [-0.39, 0.29) is 0 Å². The molecule has 1 aromatic carbocycles. The summed E-state index contributed by atoms with van der Waals surface area (Å²) < 4.78 is 30.8. The molecule has 0 radical (unpaired) electrons. The van der Waals surface area contributed by atoms with Crippen LogP contribution >= 0.6 is 11.5 Å². The molecule has 6 heteroatoms. The summed E-state index contributed by atoms with van der Waals surface area (Å²) in [4.78, 5) is 6.66. The molecule has 0 N–H and O–H groups in total. The second-order valence-electron chi connectivity index (χ2n) is 5.75. The van der Waals surface area contributed by atoms with Crippen molar-refractivity contribution < 1.29 is 8.78 Å². The van der Waals surface area contributed by atoms with Crippen LogP contribution in [-0.2, 0) is 0 Å². The van der Waals surface area contributed by atoms with E-state index in [0.717, 1.165) is 30.7 Å². The van der Waals surface area contributed by atoms with E-state index in [1.54, 1.807) is 0 Å². The lowest BCUT2D eigenvalue weighted by Gasteiger charge is -2.34. The minimum absolute atomic E-state index is 0.383. The van der Waals surface area contributed by atoms with E-state index in [4.69, 9.17) is 0 Å². The molecule has 3 nitrogen and oxygen atoms in total. The van der Waals surface area contributed by atoms with Crippen LogP contribution in [0.5, 0.6) is 0 Å². The van der Waals surface area contributed by atoms with Gasteiger partial charge in [0.05, 0.1) is 0 Å². The van der Waals surface area contributed by atoms with Gasteiger partial charge in [0.25, 0.3) is 0 Å². The number of piperidine rings is 1. The Balaban J connectivity index is 1.83. The molecule has 112 valence electrons. The Morgan fingerprint density at radius 3 is 2.52 bits per heavy atom. The molecule has 1 aliphatic heterocycles. The first-order valence-corrected chi connectivity index (χ1v) is 7.85. The maximum Gasteiger partial charge on any atom is 0.205 e. The van der Waals surface area contributed by atoms with Gasteiger partial charge in [-0.05, 0) is 30.4 Å². The first-order valence-electron chi connectivity index (χ1n) is 7.08. The molecule has 2 heterocycles. The van der Waals surface area contributed by atoms with Gasteiger partial charge >= 0.3 is 0 Å². The van der Waals surface area contributed by atoms with Gasteiger partial charge < -0.3 is 4.90 Å². The first-order chi connectivity index (χ1) is 10.0. The van der Waals surface area contributed by atoms with Crippen LogP contribution in [0.3, 0.4) is 0 Å². The predicted octanol–water partition coefficient (Wildman–Crippen LogP) is 3.97. The first kappa shape index (κ1) is 14.4. The lowest BCUT2D eigenvalue weighted by Crippen LogP contribution is -2.38. The zero-order valence-electron chi connectivity index (χ0n) is 12.0. The SMILES string of the molecule is CC1CCN(c2nc(-c3cc(F)cc(F)c3)ns2)CC1C. The summed E-state index contributed by atoms with van der Waals surface area (Å²) in [5.74, 6) is 0.492. The number of hydrogen-bond donors (Lipinski definition) is 0. The quantitative estimate of drug-likeness (QED) is 0.840. The number of rotatable bonds is 2. The molecule has 0 bridgehead atoms. The van der Waals surface area contributed by atoms with Crippen LogP contribution in [-0.4, -0.2) is 22.4 Å². The summed E-state index contributed by atoms with van der Waals surface area (Å²) in [6.45, 7) is 6.41. The Labute approximate surface area is 126 Å². The molecule has 3 rings (SSSR count). The molecule has 2 unspecified atom stereocenters. The van der Waals surface area contributed by atoms with Crippen molar-refractivity contribution in [3.8, 4) is 11.4 Å². The molecular weight excluding hydrogens is 292 g/mol. The fourth-order valence-corrected chi connectivity index (χ4v) is 3.30. The Morgan fingerprint density at radius 1 is 1.14 bits per heavy atom. The van der Waals surface area contributed by atoms with Gasteiger partial charge in [0.15, 0.2) is 5.82 Å². The number of benzene rings is 1. The van der Waals surface area contributed by atoms with Crippen LogP contribution in [0.2, 0.25) is 0 Å². The van der Waals surface area contributed by atoms with Crippen molar-refractivity contribution in [3.63, 3.8) is 0 Å². The summed E-state index contributed by atoms with van der Waals surface area (Å²) in [5.41, 5.74) is 0.383. The summed E-state index contributed by atoms with van der Waals surface area (Å²) >= 11 is 1.29. The zero-order chi connectivity index (χ0) is 15.0. The van der Waals surface area contributed by atoms with Gasteiger partial charge in [0.1, 0.15) is 11.6 Å². The minimum Gasteiger partial charge on any atom is -0.347 e. The standard InChI is InChI=1S/C15H17F2N3S/c1-9-3-4-20(8-10(9)2)15-18-14(19-21-15)11-5-12(16)7-13(17)6-11/h5-7,9-10H,3-4,8H2,1-2H3. The lowest BCUT2D eigenvalue weighted by atomic mass is 9.89. The number of nitrogens with zero attached hydrogens (tertiary/aromatic N) is 3. The highest BCUT2D eigenvalue weighted by atomic mass is 32.1. The molecule has 2 aromatic rings. The molecule has 0 saturated carbocycles. The maximum absolute atomic E-state index is 13.3. The van der Waals surface area contributed by atoms with Crippen LogP contribution in [0.25, 0.3) is 11.4 Å². The third-order valence-electron chi connectivity index (χ3n) is 4.14. The van der Waals surface area contributed by atoms with E-state index in [0.29, 0.717) is 23.2 Å². The van der Waals surface area contributed by atoms with Crippen molar-refractivity contribution in [2.24, 2.45) is 11.8 Å². The van der Waals surface area contributed by atoms with Crippen LogP contribution in [0, 0.1) is 23.5 Å². The zero-order valence-corrected chi connectivity index (χ0v) is 12.8. The van der Waals surface area contributed by atoms with Crippen molar-refractivity contribution in [2.45, 2.75) is 20.3 Å². The average Bonchev–Trinajstić information content (AvgIpc) is 2.90. The van der Waals surface area contributed by atoms with Gasteiger partial charge in [-0.1, -0.05) is 13.8 Å². The Bertz CT molecular complexity index is 623. The number of anilines is 1. The van der Waals surface area contributed by atoms with E-state index in [1.807, 2.05) is 0 Å². The highest BCUT2D eigenvalue weighted by molar-refractivity contribution is 7.09. The van der Waals surface area contributed by atoms with Gasteiger partial charge in [-0.25, -0.2) is 8.78 Å². The number of hydrogen-bond acceptors (Lipinski definition) is 4. The van der Waals surface area contributed by atoms with E-state index in [9.17, 15) is 8.78 Å². The summed E-state index contributed by atoms with van der Waals surface area (Å²) in [5, 5.41) is 0.827. The van der Waals surface area contributed by atoms with E-state index >= 15 is 0 Å². The van der Waals surface area contributed by atoms with Gasteiger partial charge in [0, 0.05) is 36.3 Å². The topological polar surface area (TPSA) is 29.0 Å². The Morgan fingerprint density at radius 2 is 1.86 bits per heavy atom. The lowest BCUT2D eigenvalue weighted by molar-refractivity contribution is 0.324.